The minimum absolute atomic E-state index is 0.791. The van der Waals surface area contributed by atoms with Crippen LogP contribution in [0.1, 0.15) is 16.8 Å². The van der Waals surface area contributed by atoms with Gasteiger partial charge in [-0.05, 0) is 38.5 Å². The summed E-state index contributed by atoms with van der Waals surface area (Å²) in [5.74, 6) is 0. The van der Waals surface area contributed by atoms with Gasteiger partial charge >= 0.3 is 0 Å². The Morgan fingerprint density at radius 2 is 1.79 bits per heavy atom. The van der Waals surface area contributed by atoms with E-state index >= 15 is 0 Å². The molecule has 0 spiro atoms. The summed E-state index contributed by atoms with van der Waals surface area (Å²) in [5.41, 5.74) is 4.39. The zero-order valence-electron chi connectivity index (χ0n) is 8.56. The van der Waals surface area contributed by atoms with E-state index in [1.807, 2.05) is 13.0 Å². The van der Waals surface area contributed by atoms with E-state index in [-0.39, 0.29) is 0 Å². The summed E-state index contributed by atoms with van der Waals surface area (Å²) in [4.78, 5) is 4.49. The van der Waals surface area contributed by atoms with E-state index in [0.29, 0.717) is 0 Å². The molecule has 0 atom stereocenters. The fraction of sp³-hybridized carbons (Fsp3) is 0.250. The Morgan fingerprint density at radius 1 is 1.07 bits per heavy atom. The molecule has 14 heavy (non-hydrogen) atoms. The zero-order valence-corrected chi connectivity index (χ0v) is 9.31. The number of rotatable bonds is 0. The summed E-state index contributed by atoms with van der Waals surface area (Å²) >= 11 is 6.17. The van der Waals surface area contributed by atoms with Crippen molar-refractivity contribution in [2.45, 2.75) is 20.8 Å². The first kappa shape index (κ1) is 9.47. The maximum absolute atomic E-state index is 6.17. The van der Waals surface area contributed by atoms with Gasteiger partial charge in [0.05, 0.1) is 10.5 Å². The number of fused-ring (bicyclic) bond motifs is 1. The average molecular weight is 206 g/mol. The Morgan fingerprint density at radius 3 is 2.50 bits per heavy atom. The van der Waals surface area contributed by atoms with Crippen LogP contribution in [0.2, 0.25) is 5.02 Å². The molecule has 2 aromatic rings. The fourth-order valence-electron chi connectivity index (χ4n) is 1.76. The number of hydrogen-bond acceptors (Lipinski definition) is 1. The number of aromatic nitrogens is 1. The number of pyridine rings is 1. The lowest BCUT2D eigenvalue weighted by Gasteiger charge is -2.06. The normalized spacial score (nSPS) is 10.9. The van der Waals surface area contributed by atoms with E-state index in [2.05, 4.69) is 31.0 Å². The first-order valence-electron chi connectivity index (χ1n) is 4.62. The third-order valence-electron chi connectivity index (χ3n) is 2.33. The molecule has 0 fully saturated rings. The van der Waals surface area contributed by atoms with Crippen molar-refractivity contribution in [2.75, 3.05) is 0 Å². The van der Waals surface area contributed by atoms with Gasteiger partial charge in [0.2, 0.25) is 0 Å². The lowest BCUT2D eigenvalue weighted by Crippen LogP contribution is -1.89. The van der Waals surface area contributed by atoms with Gasteiger partial charge in [0.15, 0.2) is 0 Å². The van der Waals surface area contributed by atoms with Crippen molar-refractivity contribution >= 4 is 22.5 Å². The molecule has 0 radical (unpaired) electrons. The second kappa shape index (κ2) is 3.25. The van der Waals surface area contributed by atoms with E-state index in [1.165, 1.54) is 11.1 Å². The molecule has 2 heteroatoms. The number of nitrogens with zero attached hydrogens (tertiary/aromatic N) is 1. The molecule has 0 N–H and O–H groups in total. The highest BCUT2D eigenvalue weighted by Gasteiger charge is 2.04. The van der Waals surface area contributed by atoms with Crippen molar-refractivity contribution in [3.63, 3.8) is 0 Å². The van der Waals surface area contributed by atoms with Crippen molar-refractivity contribution < 1.29 is 0 Å². The third-order valence-corrected chi connectivity index (χ3v) is 2.64. The van der Waals surface area contributed by atoms with Gasteiger partial charge in [-0.3, -0.25) is 4.98 Å². The van der Waals surface area contributed by atoms with Gasteiger partial charge in [-0.15, -0.1) is 0 Å². The summed E-state index contributed by atoms with van der Waals surface area (Å²) in [6.07, 6.45) is 0. The molecule has 2 rings (SSSR count). The number of benzene rings is 1. The van der Waals surface area contributed by atoms with Crippen molar-refractivity contribution in [1.29, 1.82) is 0 Å². The molecule has 1 heterocycles. The summed E-state index contributed by atoms with van der Waals surface area (Å²) in [5, 5.41) is 1.84. The van der Waals surface area contributed by atoms with Crippen LogP contribution >= 0.6 is 11.6 Å². The van der Waals surface area contributed by atoms with Crippen molar-refractivity contribution in [2.24, 2.45) is 0 Å². The third kappa shape index (κ3) is 1.48. The van der Waals surface area contributed by atoms with Crippen molar-refractivity contribution in [1.82, 2.24) is 4.98 Å². The van der Waals surface area contributed by atoms with E-state index in [1.54, 1.807) is 0 Å². The van der Waals surface area contributed by atoms with Crippen molar-refractivity contribution in [3.05, 3.63) is 40.0 Å². The standard InChI is InChI=1S/C12H12ClN/c1-7-4-8(2)12-10(5-7)11(13)6-9(3)14-12/h4-6H,1-3H3. The Kier molecular flexibility index (Phi) is 2.20. The monoisotopic (exact) mass is 205 g/mol. The first-order chi connectivity index (χ1) is 6.58. The van der Waals surface area contributed by atoms with E-state index in [9.17, 15) is 0 Å². The van der Waals surface area contributed by atoms with Gasteiger partial charge in [0, 0.05) is 11.1 Å². The molecule has 0 saturated carbocycles. The van der Waals surface area contributed by atoms with Crippen LogP contribution in [-0.4, -0.2) is 4.98 Å². The number of aryl methyl sites for hydroxylation is 3. The van der Waals surface area contributed by atoms with Crippen molar-refractivity contribution in [3.8, 4) is 0 Å². The molecule has 0 unspecified atom stereocenters. The molecule has 0 aliphatic rings. The molecule has 0 aliphatic heterocycles. The predicted octanol–water partition coefficient (Wildman–Crippen LogP) is 3.81. The van der Waals surface area contributed by atoms with E-state index in [4.69, 9.17) is 11.6 Å². The maximum atomic E-state index is 6.17. The molecule has 0 aliphatic carbocycles. The van der Waals surface area contributed by atoms with Gasteiger partial charge in [-0.25, -0.2) is 0 Å². The van der Waals surface area contributed by atoms with Crippen LogP contribution in [0.4, 0.5) is 0 Å². The summed E-state index contributed by atoms with van der Waals surface area (Å²) < 4.78 is 0. The largest absolute Gasteiger partial charge is 0.253 e. The number of halogens is 1. The summed E-state index contributed by atoms with van der Waals surface area (Å²) in [7, 11) is 0. The van der Waals surface area contributed by atoms with Gasteiger partial charge < -0.3 is 0 Å². The van der Waals surface area contributed by atoms with Crippen LogP contribution in [0.15, 0.2) is 18.2 Å². The van der Waals surface area contributed by atoms with Crippen LogP contribution in [0.25, 0.3) is 10.9 Å². The Bertz CT molecular complexity index is 456. The lowest BCUT2D eigenvalue weighted by molar-refractivity contribution is 1.24. The van der Waals surface area contributed by atoms with Crippen LogP contribution in [0.3, 0.4) is 0 Å². The van der Waals surface area contributed by atoms with E-state index in [0.717, 1.165) is 21.6 Å². The molecular formula is C12H12ClN. The second-order valence-corrected chi connectivity index (χ2v) is 4.13. The van der Waals surface area contributed by atoms with Crippen LogP contribution in [-0.2, 0) is 0 Å². The molecule has 1 aromatic carbocycles. The highest BCUT2D eigenvalue weighted by Crippen LogP contribution is 2.26. The minimum Gasteiger partial charge on any atom is -0.253 e. The molecule has 1 nitrogen and oxygen atoms in total. The molecule has 0 amide bonds. The van der Waals surface area contributed by atoms with Gasteiger partial charge in [0.1, 0.15) is 0 Å². The zero-order chi connectivity index (χ0) is 10.3. The predicted molar refractivity (Wildman–Crippen MR) is 61.0 cm³/mol. The van der Waals surface area contributed by atoms with Gasteiger partial charge in [-0.1, -0.05) is 23.2 Å². The van der Waals surface area contributed by atoms with Crippen LogP contribution < -0.4 is 0 Å². The Labute approximate surface area is 88.7 Å². The smallest absolute Gasteiger partial charge is 0.0749 e. The van der Waals surface area contributed by atoms with Crippen LogP contribution in [0, 0.1) is 20.8 Å². The molecule has 0 bridgehead atoms. The summed E-state index contributed by atoms with van der Waals surface area (Å²) in [6.45, 7) is 6.10. The first-order valence-corrected chi connectivity index (χ1v) is 5.00. The highest BCUT2D eigenvalue weighted by molar-refractivity contribution is 6.35. The Hall–Kier alpha value is -1.08. The Balaban J connectivity index is 2.94. The average Bonchev–Trinajstić information content (AvgIpc) is 2.07. The molecular weight excluding hydrogens is 194 g/mol. The second-order valence-electron chi connectivity index (χ2n) is 3.72. The number of hydrogen-bond donors (Lipinski definition) is 0. The molecule has 72 valence electrons. The topological polar surface area (TPSA) is 12.9 Å². The fourth-order valence-corrected chi connectivity index (χ4v) is 2.06. The highest BCUT2D eigenvalue weighted by atomic mass is 35.5. The summed E-state index contributed by atoms with van der Waals surface area (Å²) in [6, 6.07) is 6.12. The quantitative estimate of drug-likeness (QED) is 0.637. The minimum atomic E-state index is 0.791. The molecule has 1 aromatic heterocycles. The van der Waals surface area contributed by atoms with Crippen LogP contribution in [0.5, 0.6) is 0 Å². The van der Waals surface area contributed by atoms with Gasteiger partial charge in [0.25, 0.3) is 0 Å². The maximum Gasteiger partial charge on any atom is 0.0749 e. The lowest BCUT2D eigenvalue weighted by atomic mass is 10.1. The van der Waals surface area contributed by atoms with Gasteiger partial charge in [-0.2, -0.15) is 0 Å². The van der Waals surface area contributed by atoms with E-state index < -0.39 is 0 Å². The SMILES string of the molecule is Cc1cc(C)c2nc(C)cc(Cl)c2c1. The molecule has 0 saturated heterocycles.